The van der Waals surface area contributed by atoms with Gasteiger partial charge >= 0.3 is 0 Å². The fourth-order valence-corrected chi connectivity index (χ4v) is 4.17. The number of hydrogen-bond donors (Lipinski definition) is 0. The zero-order chi connectivity index (χ0) is 14.1. The number of hydrogen-bond acceptors (Lipinski definition) is 4. The molecule has 2 aliphatic heterocycles. The van der Waals surface area contributed by atoms with Crippen LogP contribution in [0, 0.1) is 11.3 Å². The number of nitrogens with zero attached hydrogens (tertiary/aromatic N) is 3. The van der Waals surface area contributed by atoms with Gasteiger partial charge in [-0.2, -0.15) is 9.57 Å². The van der Waals surface area contributed by atoms with Crippen LogP contribution < -0.4 is 0 Å². The van der Waals surface area contributed by atoms with E-state index in [-0.39, 0.29) is 5.54 Å². The van der Waals surface area contributed by atoms with Crippen LogP contribution >= 0.6 is 0 Å². The first-order chi connectivity index (χ1) is 8.92. The molecular weight excluding hydrogens is 262 g/mol. The molecule has 2 aliphatic rings. The summed E-state index contributed by atoms with van der Waals surface area (Å²) in [4.78, 5) is 2.25. The van der Waals surface area contributed by atoms with Gasteiger partial charge < -0.3 is 0 Å². The summed E-state index contributed by atoms with van der Waals surface area (Å²) in [5, 5.41) is 8.64. The summed E-state index contributed by atoms with van der Waals surface area (Å²) in [6.45, 7) is 6.03. The Bertz CT molecular complexity index is 498. The third kappa shape index (κ3) is 2.55. The monoisotopic (exact) mass is 283 g/mol. The minimum Gasteiger partial charge on any atom is -0.290 e. The lowest BCUT2D eigenvalue weighted by Gasteiger charge is -2.55. The van der Waals surface area contributed by atoms with E-state index in [4.69, 9.17) is 5.26 Å². The summed E-state index contributed by atoms with van der Waals surface area (Å²) in [5.74, 6) is 0. The van der Waals surface area contributed by atoms with E-state index in [2.05, 4.69) is 23.1 Å². The summed E-state index contributed by atoms with van der Waals surface area (Å²) in [7, 11) is -3.19. The van der Waals surface area contributed by atoms with Crippen LogP contribution in [0.3, 0.4) is 0 Å². The van der Waals surface area contributed by atoms with Crippen molar-refractivity contribution in [2.45, 2.75) is 37.5 Å². The molecule has 6 heteroatoms. The molecule has 1 saturated heterocycles. The van der Waals surface area contributed by atoms with Gasteiger partial charge in [-0.15, -0.1) is 0 Å². The van der Waals surface area contributed by atoms with Crippen LogP contribution in [0.2, 0.25) is 0 Å². The second-order valence-corrected chi connectivity index (χ2v) is 8.12. The van der Waals surface area contributed by atoms with Gasteiger partial charge in [0.05, 0.1) is 23.3 Å². The Morgan fingerprint density at radius 3 is 2.53 bits per heavy atom. The van der Waals surface area contributed by atoms with Crippen molar-refractivity contribution in [3.63, 3.8) is 0 Å². The molecule has 106 valence electrons. The molecule has 0 aliphatic carbocycles. The maximum atomic E-state index is 12.1. The summed E-state index contributed by atoms with van der Waals surface area (Å²) in [6.07, 6.45) is 5.61. The number of nitriles is 1. The van der Waals surface area contributed by atoms with Crippen molar-refractivity contribution in [3.05, 3.63) is 12.2 Å². The van der Waals surface area contributed by atoms with E-state index < -0.39 is 15.3 Å². The Hall–Kier alpha value is -0.900. The molecule has 1 fully saturated rings. The second kappa shape index (κ2) is 5.23. The van der Waals surface area contributed by atoms with Gasteiger partial charge in [-0.1, -0.05) is 12.2 Å². The van der Waals surface area contributed by atoms with E-state index in [9.17, 15) is 8.42 Å². The molecule has 0 atom stereocenters. The highest BCUT2D eigenvalue weighted by Gasteiger charge is 2.51. The Morgan fingerprint density at radius 2 is 2.05 bits per heavy atom. The van der Waals surface area contributed by atoms with E-state index in [1.54, 1.807) is 13.8 Å². The molecule has 0 unspecified atom stereocenters. The molecule has 5 nitrogen and oxygen atoms in total. The Kier molecular flexibility index (Phi) is 4.00. The van der Waals surface area contributed by atoms with Crippen LogP contribution in [0.15, 0.2) is 12.2 Å². The molecule has 0 N–H and O–H groups in total. The minimum absolute atomic E-state index is 0.276. The Balaban J connectivity index is 2.11. The maximum Gasteiger partial charge on any atom is 0.216 e. The summed E-state index contributed by atoms with van der Waals surface area (Å²) in [5.41, 5.74) is -0.276. The molecule has 0 aromatic carbocycles. The highest BCUT2D eigenvalue weighted by atomic mass is 32.2. The summed E-state index contributed by atoms with van der Waals surface area (Å²) in [6, 6.07) is 2.22. The van der Waals surface area contributed by atoms with Gasteiger partial charge in [-0.25, -0.2) is 8.42 Å². The molecule has 2 rings (SSSR count). The van der Waals surface area contributed by atoms with E-state index in [1.165, 1.54) is 4.31 Å². The molecule has 0 radical (unpaired) electrons. The van der Waals surface area contributed by atoms with Crippen LogP contribution in [0.1, 0.15) is 26.7 Å². The van der Waals surface area contributed by atoms with Gasteiger partial charge in [0, 0.05) is 26.2 Å². The molecule has 0 aromatic heterocycles. The molecule has 0 spiro atoms. The average molecular weight is 283 g/mol. The molecule has 0 bridgehead atoms. The van der Waals surface area contributed by atoms with Crippen molar-refractivity contribution >= 4 is 10.0 Å². The standard InChI is InChI=1S/C13H21N3O2S/c1-12(2)19(17,18)16-10-13(11-16,6-7-14)15-8-4-3-5-9-15/h3-4,12H,5-6,8-11H2,1-2H3. The molecule has 0 amide bonds. The van der Waals surface area contributed by atoms with Crippen LogP contribution in [0.4, 0.5) is 0 Å². The molecule has 0 saturated carbocycles. The van der Waals surface area contributed by atoms with E-state index in [1.807, 2.05) is 0 Å². The predicted molar refractivity (Wildman–Crippen MR) is 73.9 cm³/mol. The van der Waals surface area contributed by atoms with Crippen LogP contribution in [0.25, 0.3) is 0 Å². The average Bonchev–Trinajstić information content (AvgIpc) is 2.34. The minimum atomic E-state index is -3.19. The van der Waals surface area contributed by atoms with Gasteiger partial charge in [0.2, 0.25) is 10.0 Å². The Morgan fingerprint density at radius 1 is 1.37 bits per heavy atom. The fourth-order valence-electron chi connectivity index (χ4n) is 2.73. The maximum absolute atomic E-state index is 12.1. The van der Waals surface area contributed by atoms with Gasteiger partial charge in [0.15, 0.2) is 0 Å². The Labute approximate surface area is 115 Å². The number of rotatable bonds is 4. The lowest BCUT2D eigenvalue weighted by atomic mass is 9.86. The quantitative estimate of drug-likeness (QED) is 0.721. The summed E-state index contributed by atoms with van der Waals surface area (Å²) >= 11 is 0. The largest absolute Gasteiger partial charge is 0.290 e. The topological polar surface area (TPSA) is 64.4 Å². The lowest BCUT2D eigenvalue weighted by molar-refractivity contribution is -0.00396. The molecule has 2 heterocycles. The number of sulfonamides is 1. The highest BCUT2D eigenvalue weighted by molar-refractivity contribution is 7.89. The van der Waals surface area contributed by atoms with Crippen molar-refractivity contribution in [2.75, 3.05) is 26.2 Å². The second-order valence-electron chi connectivity index (χ2n) is 5.63. The first kappa shape index (κ1) is 14.5. The van der Waals surface area contributed by atoms with E-state index in [0.717, 1.165) is 19.5 Å². The van der Waals surface area contributed by atoms with Crippen molar-refractivity contribution in [2.24, 2.45) is 0 Å². The van der Waals surface area contributed by atoms with Crippen molar-refractivity contribution in [3.8, 4) is 6.07 Å². The predicted octanol–water partition coefficient (Wildman–Crippen LogP) is 0.955. The first-order valence-electron chi connectivity index (χ1n) is 6.68. The van der Waals surface area contributed by atoms with Crippen LogP contribution in [0.5, 0.6) is 0 Å². The third-order valence-electron chi connectivity index (χ3n) is 4.03. The first-order valence-corrected chi connectivity index (χ1v) is 8.19. The molecule has 19 heavy (non-hydrogen) atoms. The van der Waals surface area contributed by atoms with Gasteiger partial charge in [0.25, 0.3) is 0 Å². The zero-order valence-electron chi connectivity index (χ0n) is 11.5. The van der Waals surface area contributed by atoms with Gasteiger partial charge in [-0.05, 0) is 20.3 Å². The van der Waals surface area contributed by atoms with Crippen molar-refractivity contribution in [1.82, 2.24) is 9.21 Å². The molecule has 0 aromatic rings. The smallest absolute Gasteiger partial charge is 0.216 e. The van der Waals surface area contributed by atoms with Crippen molar-refractivity contribution < 1.29 is 8.42 Å². The van der Waals surface area contributed by atoms with Crippen LogP contribution in [-0.2, 0) is 10.0 Å². The SMILES string of the molecule is CC(C)S(=O)(=O)N1CC(CC#N)(N2CC=CCC2)C1. The van der Waals surface area contributed by atoms with Gasteiger partial charge in [-0.3, -0.25) is 4.90 Å². The normalized spacial score (nSPS) is 24.1. The van der Waals surface area contributed by atoms with E-state index >= 15 is 0 Å². The van der Waals surface area contributed by atoms with Crippen molar-refractivity contribution in [1.29, 1.82) is 5.26 Å². The highest BCUT2D eigenvalue weighted by Crippen LogP contribution is 2.35. The summed E-state index contributed by atoms with van der Waals surface area (Å²) < 4.78 is 25.7. The van der Waals surface area contributed by atoms with Crippen LogP contribution in [-0.4, -0.2) is 54.6 Å². The lowest BCUT2D eigenvalue weighted by Crippen LogP contribution is -2.71. The fraction of sp³-hybridized carbons (Fsp3) is 0.769. The van der Waals surface area contributed by atoms with E-state index in [0.29, 0.717) is 19.5 Å². The molecular formula is C13H21N3O2S. The van der Waals surface area contributed by atoms with Gasteiger partial charge in [0.1, 0.15) is 0 Å². The third-order valence-corrected chi connectivity index (χ3v) is 6.20. The zero-order valence-corrected chi connectivity index (χ0v) is 12.4.